The Labute approximate surface area is 199 Å². The van der Waals surface area contributed by atoms with Crippen molar-refractivity contribution >= 4 is 24.7 Å². The van der Waals surface area contributed by atoms with E-state index in [0.29, 0.717) is 11.8 Å². The Morgan fingerprint density at radius 1 is 1.24 bits per heavy atom. The highest BCUT2D eigenvalue weighted by Gasteiger charge is 2.71. The quantitative estimate of drug-likeness (QED) is 0.317. The van der Waals surface area contributed by atoms with E-state index in [1.807, 2.05) is 20.8 Å². The van der Waals surface area contributed by atoms with Gasteiger partial charge in [0, 0.05) is 0 Å². The van der Waals surface area contributed by atoms with Crippen LogP contribution in [0, 0.1) is 34.3 Å². The van der Waals surface area contributed by atoms with Crippen molar-refractivity contribution in [3.8, 4) is 5.75 Å². The SMILES string of the molecule is COc1ccc(F)c(F)c1C(=O)OC[C@](Cl)(B1O[C@@H]2C[C@@H]3C[C@@H](C3(C)C)[C@]2(C)O1)C(C)(C)C. The Morgan fingerprint density at radius 3 is 2.48 bits per heavy atom. The minimum atomic E-state index is -1.33. The summed E-state index contributed by atoms with van der Waals surface area (Å²) in [6.45, 7) is 12.0. The maximum atomic E-state index is 14.4. The summed E-state index contributed by atoms with van der Waals surface area (Å²) in [5, 5.41) is 0. The number of halogens is 3. The van der Waals surface area contributed by atoms with Crippen molar-refractivity contribution in [2.24, 2.45) is 22.7 Å². The van der Waals surface area contributed by atoms with Crippen molar-refractivity contribution in [1.82, 2.24) is 0 Å². The van der Waals surface area contributed by atoms with Crippen LogP contribution in [0.3, 0.4) is 0 Å². The monoisotopic (exact) mass is 484 g/mol. The third-order valence-electron chi connectivity index (χ3n) is 8.46. The lowest BCUT2D eigenvalue weighted by molar-refractivity contribution is -0.199. The van der Waals surface area contributed by atoms with Gasteiger partial charge in [0.05, 0.1) is 18.8 Å². The molecule has 5 atom stereocenters. The van der Waals surface area contributed by atoms with Gasteiger partial charge in [0.2, 0.25) is 0 Å². The molecular formula is C24H32BClF2O5. The van der Waals surface area contributed by atoms with Crippen molar-refractivity contribution in [3.05, 3.63) is 29.3 Å². The second-order valence-corrected chi connectivity index (χ2v) is 12.1. The van der Waals surface area contributed by atoms with Gasteiger partial charge in [0.1, 0.15) is 22.7 Å². The molecule has 3 aliphatic carbocycles. The van der Waals surface area contributed by atoms with Crippen molar-refractivity contribution in [2.75, 3.05) is 13.7 Å². The van der Waals surface area contributed by atoms with E-state index >= 15 is 0 Å². The van der Waals surface area contributed by atoms with Crippen LogP contribution in [0.1, 0.15) is 64.7 Å². The molecule has 0 spiro atoms. The van der Waals surface area contributed by atoms with Gasteiger partial charge in [-0.25, -0.2) is 13.6 Å². The van der Waals surface area contributed by atoms with Gasteiger partial charge in [0.25, 0.3) is 0 Å². The minimum absolute atomic E-state index is 0.101. The number of esters is 1. The van der Waals surface area contributed by atoms with Crippen LogP contribution in [0.25, 0.3) is 0 Å². The van der Waals surface area contributed by atoms with Crippen LogP contribution in [-0.4, -0.2) is 43.3 Å². The maximum Gasteiger partial charge on any atom is 0.484 e. The Bertz CT molecular complexity index is 967. The van der Waals surface area contributed by atoms with Gasteiger partial charge in [0.15, 0.2) is 11.6 Å². The van der Waals surface area contributed by atoms with Crippen molar-refractivity contribution in [1.29, 1.82) is 0 Å². The molecule has 4 aliphatic rings. The summed E-state index contributed by atoms with van der Waals surface area (Å²) < 4.78 is 50.3. The molecule has 33 heavy (non-hydrogen) atoms. The Balaban J connectivity index is 1.58. The number of rotatable bonds is 5. The largest absolute Gasteiger partial charge is 0.496 e. The first kappa shape index (κ1) is 24.7. The number of carbonyl (C=O) groups is 1. The number of benzene rings is 1. The number of carbonyl (C=O) groups excluding carboxylic acids is 1. The van der Waals surface area contributed by atoms with Crippen molar-refractivity contribution < 1.29 is 32.4 Å². The molecule has 0 aromatic heterocycles. The van der Waals surface area contributed by atoms with Crippen LogP contribution in [0.2, 0.25) is 0 Å². The smallest absolute Gasteiger partial charge is 0.484 e. The molecular weight excluding hydrogens is 453 g/mol. The first-order valence-corrected chi connectivity index (χ1v) is 11.8. The number of hydrogen-bond donors (Lipinski definition) is 0. The summed E-state index contributed by atoms with van der Waals surface area (Å²) in [5.74, 6) is -2.77. The standard InChI is InChI=1S/C24H32BClF2O5/c1-21(2,3)24(26,12-31-20(29)18-15(30-7)9-8-14(27)19(18)28)25-32-17-11-13-10-16(22(13,4)5)23(17,6)33-25/h8-9,13,16-17H,10-12H2,1-7H3/t13-,16-,17+,23-,24+/m0/s1. The van der Waals surface area contributed by atoms with Gasteiger partial charge in [-0.2, -0.15) is 0 Å². The van der Waals surface area contributed by atoms with E-state index in [1.54, 1.807) is 0 Å². The fourth-order valence-corrected chi connectivity index (χ4v) is 5.99. The lowest BCUT2D eigenvalue weighted by atomic mass is 9.43. The Hall–Kier alpha value is -1.38. The zero-order valence-electron chi connectivity index (χ0n) is 20.3. The summed E-state index contributed by atoms with van der Waals surface area (Å²) in [7, 11) is 0.427. The summed E-state index contributed by atoms with van der Waals surface area (Å²) in [6, 6.07) is 2.07. The Kier molecular flexibility index (Phi) is 5.86. The molecule has 1 saturated heterocycles. The molecule has 1 heterocycles. The minimum Gasteiger partial charge on any atom is -0.496 e. The Morgan fingerprint density at radius 2 is 1.91 bits per heavy atom. The van der Waals surface area contributed by atoms with Crippen LogP contribution in [0.5, 0.6) is 5.75 Å². The van der Waals surface area contributed by atoms with Gasteiger partial charge in [-0.15, -0.1) is 11.6 Å². The predicted molar refractivity (Wildman–Crippen MR) is 121 cm³/mol. The number of methoxy groups -OCH3 is 1. The number of ether oxygens (including phenoxy) is 2. The summed E-state index contributed by atoms with van der Waals surface area (Å²) in [4.78, 5) is 12.8. The first-order chi connectivity index (χ1) is 15.2. The second-order valence-electron chi connectivity index (χ2n) is 11.4. The van der Waals surface area contributed by atoms with Gasteiger partial charge < -0.3 is 18.8 Å². The molecule has 2 bridgehead atoms. The van der Waals surface area contributed by atoms with E-state index in [1.165, 1.54) is 13.2 Å². The van der Waals surface area contributed by atoms with Crippen LogP contribution >= 0.6 is 11.6 Å². The summed E-state index contributed by atoms with van der Waals surface area (Å²) in [5.41, 5.74) is -1.55. The van der Waals surface area contributed by atoms with E-state index in [2.05, 4.69) is 20.8 Å². The molecule has 1 aromatic rings. The zero-order valence-corrected chi connectivity index (χ0v) is 21.0. The molecule has 0 unspecified atom stereocenters. The topological polar surface area (TPSA) is 54.0 Å². The lowest BCUT2D eigenvalue weighted by Gasteiger charge is -2.64. The van der Waals surface area contributed by atoms with E-state index in [-0.39, 0.29) is 23.9 Å². The molecule has 182 valence electrons. The fraction of sp³-hybridized carbons (Fsp3) is 0.708. The van der Waals surface area contributed by atoms with Crippen molar-refractivity contribution in [3.63, 3.8) is 0 Å². The van der Waals surface area contributed by atoms with Crippen LogP contribution in [-0.2, 0) is 14.0 Å². The van der Waals surface area contributed by atoms with Crippen LogP contribution < -0.4 is 4.74 Å². The normalized spacial score (nSPS) is 31.9. The third kappa shape index (κ3) is 3.59. The summed E-state index contributed by atoms with van der Waals surface area (Å²) in [6.07, 6.45) is 1.88. The number of alkyl halides is 1. The van der Waals surface area contributed by atoms with Gasteiger partial charge in [-0.3, -0.25) is 0 Å². The predicted octanol–water partition coefficient (Wildman–Crippen LogP) is 5.42. The molecule has 9 heteroatoms. The van der Waals surface area contributed by atoms with Gasteiger partial charge in [-0.1, -0.05) is 34.6 Å². The molecule has 5 nitrogen and oxygen atoms in total. The molecule has 3 saturated carbocycles. The van der Waals surface area contributed by atoms with E-state index in [9.17, 15) is 13.6 Å². The molecule has 5 rings (SSSR count). The average Bonchev–Trinajstić information content (AvgIpc) is 3.10. The van der Waals surface area contributed by atoms with Crippen LogP contribution in [0.4, 0.5) is 8.78 Å². The van der Waals surface area contributed by atoms with E-state index in [0.717, 1.165) is 18.9 Å². The third-order valence-corrected chi connectivity index (χ3v) is 9.32. The van der Waals surface area contributed by atoms with Crippen LogP contribution in [0.15, 0.2) is 12.1 Å². The van der Waals surface area contributed by atoms with Crippen molar-refractivity contribution in [2.45, 2.75) is 70.9 Å². The lowest BCUT2D eigenvalue weighted by Crippen LogP contribution is -2.65. The summed E-state index contributed by atoms with van der Waals surface area (Å²) >= 11 is 7.13. The zero-order chi connectivity index (χ0) is 24.6. The first-order valence-electron chi connectivity index (χ1n) is 11.4. The number of hydrogen-bond acceptors (Lipinski definition) is 5. The highest BCUT2D eigenvalue weighted by Crippen LogP contribution is 2.66. The van der Waals surface area contributed by atoms with E-state index in [4.69, 9.17) is 30.4 Å². The molecule has 1 aromatic carbocycles. The molecule has 1 aliphatic heterocycles. The van der Waals surface area contributed by atoms with Gasteiger partial charge in [-0.05, 0) is 54.6 Å². The van der Waals surface area contributed by atoms with Gasteiger partial charge >= 0.3 is 13.1 Å². The second kappa shape index (κ2) is 7.82. The molecule has 4 fully saturated rings. The average molecular weight is 485 g/mol. The highest BCUT2D eigenvalue weighted by atomic mass is 35.5. The molecule has 0 N–H and O–H groups in total. The van der Waals surface area contributed by atoms with E-state index < -0.39 is 46.1 Å². The molecule has 0 amide bonds. The highest BCUT2D eigenvalue weighted by molar-refractivity contribution is 6.63. The maximum absolute atomic E-state index is 14.4. The molecule has 0 radical (unpaired) electrons. The fourth-order valence-electron chi connectivity index (χ4n) is 5.84.